The van der Waals surface area contributed by atoms with Gasteiger partial charge in [0.25, 0.3) is 5.91 Å². The van der Waals surface area contributed by atoms with Gasteiger partial charge in [0.15, 0.2) is 0 Å². The van der Waals surface area contributed by atoms with E-state index < -0.39 is 0 Å². The molecule has 1 saturated carbocycles. The molecule has 0 unspecified atom stereocenters. The van der Waals surface area contributed by atoms with Crippen LogP contribution in [0.15, 0.2) is 48.5 Å². The number of rotatable bonds is 4. The first-order chi connectivity index (χ1) is 11.1. The van der Waals surface area contributed by atoms with Gasteiger partial charge in [-0.15, -0.1) is 0 Å². The van der Waals surface area contributed by atoms with Crippen LogP contribution in [0.2, 0.25) is 0 Å². The molecule has 1 aliphatic rings. The lowest BCUT2D eigenvalue weighted by atomic mass is 10.1. The van der Waals surface area contributed by atoms with Crippen molar-refractivity contribution in [3.8, 4) is 0 Å². The number of halogens is 1. The van der Waals surface area contributed by atoms with E-state index in [-0.39, 0.29) is 29.5 Å². The van der Waals surface area contributed by atoms with Gasteiger partial charge in [0.2, 0.25) is 5.91 Å². The summed E-state index contributed by atoms with van der Waals surface area (Å²) in [5, 5.41) is 5.39. The van der Waals surface area contributed by atoms with Gasteiger partial charge in [-0.25, -0.2) is 4.39 Å². The molecule has 2 aromatic carbocycles. The smallest absolute Gasteiger partial charge is 0.251 e. The lowest BCUT2D eigenvalue weighted by Crippen LogP contribution is -2.19. The molecule has 3 rings (SSSR count). The zero-order chi connectivity index (χ0) is 16.4. The molecule has 1 fully saturated rings. The molecule has 0 bridgehead atoms. The molecule has 0 spiro atoms. The molecule has 0 aromatic heterocycles. The van der Waals surface area contributed by atoms with Crippen LogP contribution < -0.4 is 10.6 Å². The average Bonchev–Trinajstić information content (AvgIpc) is 3.36. The van der Waals surface area contributed by atoms with Crippen LogP contribution in [0.4, 0.5) is 10.1 Å². The fourth-order valence-electron chi connectivity index (χ4n) is 2.68. The minimum atomic E-state index is -0.276. The van der Waals surface area contributed by atoms with Gasteiger partial charge in [0.05, 0.1) is 0 Å². The van der Waals surface area contributed by atoms with Gasteiger partial charge in [0, 0.05) is 24.2 Å². The number of hydrogen-bond acceptors (Lipinski definition) is 2. The summed E-state index contributed by atoms with van der Waals surface area (Å²) in [5.74, 6) is -0.520. The van der Waals surface area contributed by atoms with Crippen molar-refractivity contribution in [2.45, 2.75) is 12.3 Å². The van der Waals surface area contributed by atoms with Crippen LogP contribution in [0.25, 0.3) is 0 Å². The minimum absolute atomic E-state index is 0.0756. The number of anilines is 1. The van der Waals surface area contributed by atoms with Crippen LogP contribution in [0.5, 0.6) is 0 Å². The summed E-state index contributed by atoms with van der Waals surface area (Å²) in [6.45, 7) is 0. The highest BCUT2D eigenvalue weighted by Crippen LogP contribution is 2.47. The van der Waals surface area contributed by atoms with Crippen LogP contribution in [0.1, 0.15) is 28.3 Å². The summed E-state index contributed by atoms with van der Waals surface area (Å²) in [5.41, 5.74) is 2.07. The molecular formula is C18H17FN2O2. The van der Waals surface area contributed by atoms with Gasteiger partial charge in [-0.1, -0.05) is 18.2 Å². The largest absolute Gasteiger partial charge is 0.355 e. The molecule has 2 aromatic rings. The first-order valence-electron chi connectivity index (χ1n) is 7.47. The molecule has 4 nitrogen and oxygen atoms in total. The quantitative estimate of drug-likeness (QED) is 0.912. The van der Waals surface area contributed by atoms with Crippen molar-refractivity contribution >= 4 is 17.5 Å². The molecule has 0 saturated heterocycles. The molecule has 5 heteroatoms. The van der Waals surface area contributed by atoms with Crippen LogP contribution in [0.3, 0.4) is 0 Å². The van der Waals surface area contributed by atoms with Gasteiger partial charge in [-0.05, 0) is 48.2 Å². The van der Waals surface area contributed by atoms with Crippen molar-refractivity contribution in [1.29, 1.82) is 0 Å². The third-order valence-electron chi connectivity index (χ3n) is 4.04. The Balaban J connectivity index is 1.64. The van der Waals surface area contributed by atoms with Crippen molar-refractivity contribution < 1.29 is 14.0 Å². The van der Waals surface area contributed by atoms with Gasteiger partial charge >= 0.3 is 0 Å². The summed E-state index contributed by atoms with van der Waals surface area (Å²) in [6, 6.07) is 13.1. The zero-order valence-electron chi connectivity index (χ0n) is 12.7. The van der Waals surface area contributed by atoms with Crippen molar-refractivity contribution in [3.63, 3.8) is 0 Å². The molecule has 2 N–H and O–H groups in total. The second-order valence-electron chi connectivity index (χ2n) is 5.65. The second kappa shape index (κ2) is 6.20. The Hall–Kier alpha value is -2.69. The van der Waals surface area contributed by atoms with Crippen LogP contribution in [-0.2, 0) is 4.79 Å². The molecule has 1 aliphatic carbocycles. The topological polar surface area (TPSA) is 58.2 Å². The highest BCUT2D eigenvalue weighted by molar-refractivity contribution is 5.98. The Labute approximate surface area is 133 Å². The molecular weight excluding hydrogens is 295 g/mol. The summed E-state index contributed by atoms with van der Waals surface area (Å²) >= 11 is 0. The van der Waals surface area contributed by atoms with Crippen molar-refractivity contribution in [2.24, 2.45) is 5.92 Å². The normalized spacial score (nSPS) is 19.0. The van der Waals surface area contributed by atoms with Crippen LogP contribution in [-0.4, -0.2) is 18.9 Å². The molecule has 118 valence electrons. The van der Waals surface area contributed by atoms with Crippen LogP contribution >= 0.6 is 0 Å². The first-order valence-corrected chi connectivity index (χ1v) is 7.47. The van der Waals surface area contributed by atoms with Gasteiger partial charge < -0.3 is 10.6 Å². The Morgan fingerprint density at radius 2 is 1.87 bits per heavy atom. The van der Waals surface area contributed by atoms with E-state index in [1.807, 2.05) is 0 Å². The van der Waals surface area contributed by atoms with Gasteiger partial charge in [-0.2, -0.15) is 0 Å². The van der Waals surface area contributed by atoms with E-state index in [1.54, 1.807) is 43.4 Å². The second-order valence-corrected chi connectivity index (χ2v) is 5.65. The van der Waals surface area contributed by atoms with E-state index in [9.17, 15) is 14.0 Å². The predicted octanol–water partition coefficient (Wildman–Crippen LogP) is 2.93. The Morgan fingerprint density at radius 3 is 2.57 bits per heavy atom. The lowest BCUT2D eigenvalue weighted by Gasteiger charge is -2.07. The monoisotopic (exact) mass is 312 g/mol. The van der Waals surface area contributed by atoms with Crippen molar-refractivity contribution in [2.75, 3.05) is 12.4 Å². The number of carbonyl (C=O) groups excluding carboxylic acids is 2. The molecule has 23 heavy (non-hydrogen) atoms. The maximum atomic E-state index is 12.9. The number of nitrogens with one attached hydrogen (secondary N) is 2. The van der Waals surface area contributed by atoms with Crippen molar-refractivity contribution in [1.82, 2.24) is 5.32 Å². The Morgan fingerprint density at radius 1 is 1.13 bits per heavy atom. The Bertz CT molecular complexity index is 743. The maximum absolute atomic E-state index is 12.9. The van der Waals surface area contributed by atoms with Gasteiger partial charge in [0.1, 0.15) is 5.82 Å². The average molecular weight is 312 g/mol. The number of hydrogen-bond donors (Lipinski definition) is 2. The van der Waals surface area contributed by atoms with Crippen LogP contribution in [0, 0.1) is 11.7 Å². The zero-order valence-corrected chi connectivity index (χ0v) is 12.7. The number of benzene rings is 2. The summed E-state index contributed by atoms with van der Waals surface area (Å²) in [4.78, 5) is 23.9. The van der Waals surface area contributed by atoms with E-state index in [4.69, 9.17) is 0 Å². The minimum Gasteiger partial charge on any atom is -0.355 e. The fourth-order valence-corrected chi connectivity index (χ4v) is 2.68. The number of amides is 2. The third-order valence-corrected chi connectivity index (χ3v) is 4.04. The molecule has 0 aliphatic heterocycles. The van der Waals surface area contributed by atoms with E-state index in [0.717, 1.165) is 12.0 Å². The highest BCUT2D eigenvalue weighted by atomic mass is 19.1. The molecule has 0 heterocycles. The standard InChI is InChI=1S/C18H17FN2O2/c1-20-17(22)12-3-2-4-14(9-12)21-18(23)16-10-15(16)11-5-7-13(19)8-6-11/h2-9,15-16H,10H2,1H3,(H,20,22)(H,21,23)/t15-,16-/m0/s1. The van der Waals surface area contributed by atoms with E-state index in [2.05, 4.69) is 10.6 Å². The fraction of sp³-hybridized carbons (Fsp3) is 0.222. The predicted molar refractivity (Wildman–Crippen MR) is 85.7 cm³/mol. The maximum Gasteiger partial charge on any atom is 0.251 e. The highest BCUT2D eigenvalue weighted by Gasteiger charge is 2.43. The number of carbonyl (C=O) groups is 2. The SMILES string of the molecule is CNC(=O)c1cccc(NC(=O)[C@H]2C[C@H]2c2ccc(F)cc2)c1. The lowest BCUT2D eigenvalue weighted by molar-refractivity contribution is -0.117. The van der Waals surface area contributed by atoms with Crippen molar-refractivity contribution in [3.05, 3.63) is 65.5 Å². The summed E-state index contributed by atoms with van der Waals surface area (Å²) < 4.78 is 12.9. The molecule has 2 atom stereocenters. The Kier molecular flexibility index (Phi) is 4.10. The van der Waals surface area contributed by atoms with Gasteiger partial charge in [-0.3, -0.25) is 9.59 Å². The molecule has 0 radical (unpaired) electrons. The summed E-state index contributed by atoms with van der Waals surface area (Å²) in [6.07, 6.45) is 0.757. The summed E-state index contributed by atoms with van der Waals surface area (Å²) in [7, 11) is 1.56. The first kappa shape index (κ1) is 15.2. The van der Waals surface area contributed by atoms with E-state index >= 15 is 0 Å². The van der Waals surface area contributed by atoms with E-state index in [0.29, 0.717) is 11.3 Å². The molecule has 2 amide bonds. The third kappa shape index (κ3) is 3.39. The van der Waals surface area contributed by atoms with E-state index in [1.165, 1.54) is 12.1 Å².